The molecule has 1 saturated heterocycles. The van der Waals surface area contributed by atoms with Gasteiger partial charge in [0, 0.05) is 38.3 Å². The monoisotopic (exact) mass is 171 g/mol. The fourth-order valence-corrected chi connectivity index (χ4v) is 1.71. The minimum atomic E-state index is 0.319. The van der Waals surface area contributed by atoms with Crippen molar-refractivity contribution in [2.75, 3.05) is 33.2 Å². The molecule has 0 spiro atoms. The molecule has 0 aromatic rings. The van der Waals surface area contributed by atoms with E-state index in [-0.39, 0.29) is 0 Å². The molecule has 2 N–H and O–H groups in total. The van der Waals surface area contributed by atoms with Gasteiger partial charge >= 0.3 is 0 Å². The van der Waals surface area contributed by atoms with Crippen LogP contribution in [-0.2, 0) is 0 Å². The maximum atomic E-state index is 5.97. The summed E-state index contributed by atoms with van der Waals surface area (Å²) in [7, 11) is 2.14. The van der Waals surface area contributed by atoms with Crippen LogP contribution in [0.4, 0.5) is 0 Å². The molecular weight excluding hydrogens is 150 g/mol. The summed E-state index contributed by atoms with van der Waals surface area (Å²) in [6.45, 7) is 8.84. The van der Waals surface area contributed by atoms with Crippen molar-refractivity contribution in [3.8, 4) is 0 Å². The first kappa shape index (κ1) is 9.96. The second-order valence-electron chi connectivity index (χ2n) is 4.11. The van der Waals surface area contributed by atoms with Crippen LogP contribution in [0.2, 0.25) is 0 Å². The fourth-order valence-electron chi connectivity index (χ4n) is 1.71. The van der Waals surface area contributed by atoms with Gasteiger partial charge in [-0.15, -0.1) is 0 Å². The van der Waals surface area contributed by atoms with Gasteiger partial charge in [-0.05, 0) is 20.9 Å². The molecule has 0 saturated carbocycles. The Balaban J connectivity index is 2.46. The molecule has 0 bridgehead atoms. The Kier molecular flexibility index (Phi) is 3.50. The highest BCUT2D eigenvalue weighted by Gasteiger charge is 2.19. The van der Waals surface area contributed by atoms with Gasteiger partial charge < -0.3 is 10.6 Å². The van der Waals surface area contributed by atoms with Crippen molar-refractivity contribution in [3.63, 3.8) is 0 Å². The Labute approximate surface area is 75.5 Å². The summed E-state index contributed by atoms with van der Waals surface area (Å²) in [4.78, 5) is 4.77. The highest BCUT2D eigenvalue weighted by molar-refractivity contribution is 4.78. The molecule has 1 fully saturated rings. The molecule has 3 nitrogen and oxygen atoms in total. The van der Waals surface area contributed by atoms with E-state index in [0.717, 1.165) is 26.2 Å². The minimum absolute atomic E-state index is 0.319. The van der Waals surface area contributed by atoms with Crippen LogP contribution in [0.25, 0.3) is 0 Å². The molecule has 1 rings (SSSR count). The Morgan fingerprint density at radius 3 is 2.50 bits per heavy atom. The van der Waals surface area contributed by atoms with Gasteiger partial charge in [0.05, 0.1) is 0 Å². The predicted octanol–water partition coefficient (Wildman–Crippen LogP) is -0.0305. The van der Waals surface area contributed by atoms with E-state index in [2.05, 4.69) is 30.7 Å². The zero-order valence-corrected chi connectivity index (χ0v) is 8.45. The van der Waals surface area contributed by atoms with E-state index >= 15 is 0 Å². The van der Waals surface area contributed by atoms with E-state index in [1.807, 2.05) is 0 Å². The molecule has 1 aliphatic heterocycles. The van der Waals surface area contributed by atoms with E-state index in [9.17, 15) is 0 Å². The van der Waals surface area contributed by atoms with Gasteiger partial charge in [0.15, 0.2) is 0 Å². The lowest BCUT2D eigenvalue weighted by Gasteiger charge is -2.25. The highest BCUT2D eigenvalue weighted by atomic mass is 15.2. The molecular formula is C9H21N3. The topological polar surface area (TPSA) is 32.5 Å². The van der Waals surface area contributed by atoms with Gasteiger partial charge in [-0.3, -0.25) is 4.90 Å². The first-order valence-corrected chi connectivity index (χ1v) is 4.77. The second-order valence-corrected chi connectivity index (χ2v) is 4.11. The van der Waals surface area contributed by atoms with Gasteiger partial charge in [0.2, 0.25) is 0 Å². The van der Waals surface area contributed by atoms with E-state index in [0.29, 0.717) is 12.1 Å². The fraction of sp³-hybridized carbons (Fsp3) is 1.00. The molecule has 12 heavy (non-hydrogen) atoms. The molecule has 1 atom stereocenters. The molecule has 1 unspecified atom stereocenters. The molecule has 1 heterocycles. The lowest BCUT2D eigenvalue weighted by Crippen LogP contribution is -2.41. The van der Waals surface area contributed by atoms with Crippen LogP contribution in [-0.4, -0.2) is 55.1 Å². The number of nitrogens with zero attached hydrogens (tertiary/aromatic N) is 2. The molecule has 0 radical (unpaired) electrons. The molecule has 0 aromatic carbocycles. The first-order chi connectivity index (χ1) is 5.59. The molecule has 0 aliphatic carbocycles. The number of hydrogen-bond acceptors (Lipinski definition) is 3. The summed E-state index contributed by atoms with van der Waals surface area (Å²) < 4.78 is 0. The maximum absolute atomic E-state index is 5.97. The quantitative estimate of drug-likeness (QED) is 0.601. The van der Waals surface area contributed by atoms with E-state index in [4.69, 9.17) is 5.73 Å². The predicted molar refractivity (Wildman–Crippen MR) is 52.2 cm³/mol. The van der Waals surface area contributed by atoms with Crippen LogP contribution in [0.1, 0.15) is 13.8 Å². The second kappa shape index (κ2) is 4.21. The van der Waals surface area contributed by atoms with Crippen LogP contribution in [0.3, 0.4) is 0 Å². The summed E-state index contributed by atoms with van der Waals surface area (Å²) in [5.41, 5.74) is 5.97. The zero-order chi connectivity index (χ0) is 9.14. The van der Waals surface area contributed by atoms with Gasteiger partial charge in [-0.2, -0.15) is 0 Å². The van der Waals surface area contributed by atoms with Crippen molar-refractivity contribution in [2.45, 2.75) is 25.9 Å². The van der Waals surface area contributed by atoms with Crippen LogP contribution >= 0.6 is 0 Å². The van der Waals surface area contributed by atoms with Crippen LogP contribution in [0.5, 0.6) is 0 Å². The summed E-state index contributed by atoms with van der Waals surface area (Å²) in [6.07, 6.45) is 0. The number of rotatable bonds is 1. The van der Waals surface area contributed by atoms with Crippen molar-refractivity contribution < 1.29 is 0 Å². The number of nitrogens with two attached hydrogens (primary N) is 1. The smallest absolute Gasteiger partial charge is 0.0297 e. The summed E-state index contributed by atoms with van der Waals surface area (Å²) in [5, 5.41) is 0. The van der Waals surface area contributed by atoms with Crippen LogP contribution in [0, 0.1) is 0 Å². The van der Waals surface area contributed by atoms with Crippen molar-refractivity contribution >= 4 is 0 Å². The molecule has 1 aliphatic rings. The lowest BCUT2D eigenvalue weighted by atomic mass is 10.2. The summed E-state index contributed by atoms with van der Waals surface area (Å²) in [5.74, 6) is 0. The van der Waals surface area contributed by atoms with Crippen molar-refractivity contribution in [2.24, 2.45) is 5.73 Å². The van der Waals surface area contributed by atoms with Gasteiger partial charge in [-0.25, -0.2) is 0 Å². The molecule has 3 heteroatoms. The Morgan fingerprint density at radius 2 is 1.92 bits per heavy atom. The highest BCUT2D eigenvalue weighted by Crippen LogP contribution is 2.04. The third-order valence-corrected chi connectivity index (χ3v) is 2.51. The maximum Gasteiger partial charge on any atom is 0.0297 e. The molecule has 0 amide bonds. The summed E-state index contributed by atoms with van der Waals surface area (Å²) >= 11 is 0. The third-order valence-electron chi connectivity index (χ3n) is 2.51. The van der Waals surface area contributed by atoms with E-state index < -0.39 is 0 Å². The number of likely N-dealkylation sites (N-methyl/N-ethyl adjacent to an activating group) is 1. The van der Waals surface area contributed by atoms with E-state index in [1.165, 1.54) is 0 Å². The van der Waals surface area contributed by atoms with Crippen LogP contribution in [0.15, 0.2) is 0 Å². The van der Waals surface area contributed by atoms with Crippen molar-refractivity contribution in [1.29, 1.82) is 0 Å². The SMILES string of the molecule is CC(C)N1CCN(C)CC(N)C1. The standard InChI is InChI=1S/C9H21N3/c1-8(2)12-5-4-11(3)6-9(10)7-12/h8-9H,4-7,10H2,1-3H3. The van der Waals surface area contributed by atoms with Gasteiger partial charge in [0.25, 0.3) is 0 Å². The zero-order valence-electron chi connectivity index (χ0n) is 8.45. The third kappa shape index (κ3) is 2.73. The largest absolute Gasteiger partial charge is 0.325 e. The van der Waals surface area contributed by atoms with Crippen molar-refractivity contribution in [1.82, 2.24) is 9.80 Å². The molecule has 0 aromatic heterocycles. The van der Waals surface area contributed by atoms with Crippen LogP contribution < -0.4 is 5.73 Å². The Hall–Kier alpha value is -0.120. The van der Waals surface area contributed by atoms with Gasteiger partial charge in [-0.1, -0.05) is 0 Å². The van der Waals surface area contributed by atoms with Crippen molar-refractivity contribution in [3.05, 3.63) is 0 Å². The summed E-state index contributed by atoms with van der Waals surface area (Å²) in [6, 6.07) is 0.947. The lowest BCUT2D eigenvalue weighted by molar-refractivity contribution is 0.223. The number of hydrogen-bond donors (Lipinski definition) is 1. The minimum Gasteiger partial charge on any atom is -0.325 e. The molecule has 72 valence electrons. The van der Waals surface area contributed by atoms with E-state index in [1.54, 1.807) is 0 Å². The average Bonchev–Trinajstić information content (AvgIpc) is 2.11. The normalized spacial score (nSPS) is 29.2. The first-order valence-electron chi connectivity index (χ1n) is 4.77. The Bertz CT molecular complexity index is 136. The Morgan fingerprint density at radius 1 is 1.25 bits per heavy atom. The average molecular weight is 171 g/mol. The van der Waals surface area contributed by atoms with Gasteiger partial charge in [0.1, 0.15) is 0 Å².